The molecule has 0 bridgehead atoms. The number of nitrogens with zero attached hydrogens (tertiary/aromatic N) is 1. The molecule has 0 aliphatic carbocycles. The van der Waals surface area contributed by atoms with Crippen LogP contribution in [0.25, 0.3) is 6.08 Å². The number of amides is 2. The molecule has 0 spiro atoms. The summed E-state index contributed by atoms with van der Waals surface area (Å²) in [6.45, 7) is 2.05. The zero-order valence-corrected chi connectivity index (χ0v) is 12.3. The molecule has 1 N–H and O–H groups in total. The Kier molecular flexibility index (Phi) is 3.58. The van der Waals surface area contributed by atoms with E-state index < -0.39 is 0 Å². The van der Waals surface area contributed by atoms with E-state index in [-0.39, 0.29) is 18.4 Å². The SMILES string of the molecule is Cc1ccsc1/C=C/C(=O)N1CC(=O)Nc2ccccc21. The predicted molar refractivity (Wildman–Crippen MR) is 85.5 cm³/mol. The molecule has 21 heavy (non-hydrogen) atoms. The van der Waals surface area contributed by atoms with Gasteiger partial charge in [0.15, 0.2) is 0 Å². The topological polar surface area (TPSA) is 49.4 Å². The lowest BCUT2D eigenvalue weighted by molar-refractivity contribution is -0.119. The minimum Gasteiger partial charge on any atom is -0.323 e. The Bertz CT molecular complexity index is 733. The third-order valence-corrected chi connectivity index (χ3v) is 4.30. The fourth-order valence-electron chi connectivity index (χ4n) is 2.22. The van der Waals surface area contributed by atoms with E-state index in [0.717, 1.165) is 16.1 Å². The number of para-hydroxylation sites is 2. The lowest BCUT2D eigenvalue weighted by Gasteiger charge is -2.28. The molecule has 0 radical (unpaired) electrons. The van der Waals surface area contributed by atoms with Crippen molar-refractivity contribution >= 4 is 40.6 Å². The van der Waals surface area contributed by atoms with Crippen LogP contribution in [-0.2, 0) is 9.59 Å². The van der Waals surface area contributed by atoms with E-state index >= 15 is 0 Å². The first-order valence-corrected chi connectivity index (χ1v) is 7.45. The second-order valence-electron chi connectivity index (χ2n) is 4.79. The first kappa shape index (κ1) is 13.6. The van der Waals surface area contributed by atoms with E-state index in [2.05, 4.69) is 5.32 Å². The Morgan fingerprint density at radius 3 is 2.90 bits per heavy atom. The molecule has 106 valence electrons. The van der Waals surface area contributed by atoms with Gasteiger partial charge in [0.1, 0.15) is 6.54 Å². The molecule has 0 atom stereocenters. The molecule has 1 aliphatic rings. The van der Waals surface area contributed by atoms with Crippen molar-refractivity contribution in [3.63, 3.8) is 0 Å². The van der Waals surface area contributed by atoms with Crippen LogP contribution in [0.15, 0.2) is 41.8 Å². The number of fused-ring (bicyclic) bond motifs is 1. The van der Waals surface area contributed by atoms with Gasteiger partial charge in [0.25, 0.3) is 5.91 Å². The van der Waals surface area contributed by atoms with E-state index in [1.165, 1.54) is 11.0 Å². The summed E-state index contributed by atoms with van der Waals surface area (Å²) in [4.78, 5) is 26.6. The first-order chi connectivity index (χ1) is 10.1. The molecular weight excluding hydrogens is 284 g/mol. The van der Waals surface area contributed by atoms with Crippen LogP contribution >= 0.6 is 11.3 Å². The van der Waals surface area contributed by atoms with Crippen molar-refractivity contribution in [2.24, 2.45) is 0 Å². The van der Waals surface area contributed by atoms with Crippen molar-refractivity contribution < 1.29 is 9.59 Å². The molecule has 5 heteroatoms. The zero-order valence-electron chi connectivity index (χ0n) is 11.5. The maximum atomic E-state index is 12.4. The molecule has 0 saturated carbocycles. The van der Waals surface area contributed by atoms with E-state index in [4.69, 9.17) is 0 Å². The van der Waals surface area contributed by atoms with Crippen molar-refractivity contribution in [2.45, 2.75) is 6.92 Å². The maximum absolute atomic E-state index is 12.4. The highest BCUT2D eigenvalue weighted by Crippen LogP contribution is 2.29. The van der Waals surface area contributed by atoms with Crippen LogP contribution in [0.2, 0.25) is 0 Å². The monoisotopic (exact) mass is 298 g/mol. The van der Waals surface area contributed by atoms with Gasteiger partial charge in [-0.05, 0) is 42.1 Å². The molecule has 1 aromatic carbocycles. The minimum atomic E-state index is -0.190. The number of benzene rings is 1. The first-order valence-electron chi connectivity index (χ1n) is 6.58. The normalized spacial score (nSPS) is 14.1. The number of carbonyl (C=O) groups is 2. The Balaban J connectivity index is 1.87. The molecule has 2 amide bonds. The smallest absolute Gasteiger partial charge is 0.251 e. The van der Waals surface area contributed by atoms with Crippen LogP contribution in [0.4, 0.5) is 11.4 Å². The average molecular weight is 298 g/mol. The molecule has 3 rings (SSSR count). The van der Waals surface area contributed by atoms with Crippen molar-refractivity contribution in [3.8, 4) is 0 Å². The fraction of sp³-hybridized carbons (Fsp3) is 0.125. The highest BCUT2D eigenvalue weighted by molar-refractivity contribution is 7.11. The molecule has 1 aliphatic heterocycles. The van der Waals surface area contributed by atoms with Gasteiger partial charge in [-0.3, -0.25) is 14.5 Å². The Labute approximate surface area is 126 Å². The number of anilines is 2. The standard InChI is InChI=1S/C16H14N2O2S/c1-11-8-9-21-14(11)6-7-16(20)18-10-15(19)17-12-4-2-3-5-13(12)18/h2-9H,10H2,1H3,(H,17,19)/b7-6+. The van der Waals surface area contributed by atoms with Gasteiger partial charge in [-0.15, -0.1) is 11.3 Å². The van der Waals surface area contributed by atoms with Crippen molar-refractivity contribution in [1.29, 1.82) is 0 Å². The highest BCUT2D eigenvalue weighted by atomic mass is 32.1. The van der Waals surface area contributed by atoms with Gasteiger partial charge in [0.2, 0.25) is 5.91 Å². The zero-order chi connectivity index (χ0) is 14.8. The van der Waals surface area contributed by atoms with Crippen molar-refractivity contribution in [1.82, 2.24) is 0 Å². The molecule has 1 aromatic heterocycles. The number of aryl methyl sites for hydroxylation is 1. The van der Waals surface area contributed by atoms with Crippen LogP contribution in [0.1, 0.15) is 10.4 Å². The maximum Gasteiger partial charge on any atom is 0.251 e. The van der Waals surface area contributed by atoms with Gasteiger partial charge < -0.3 is 5.32 Å². The third-order valence-electron chi connectivity index (χ3n) is 3.32. The number of hydrogen-bond acceptors (Lipinski definition) is 3. The molecule has 0 saturated heterocycles. The summed E-state index contributed by atoms with van der Waals surface area (Å²) < 4.78 is 0. The van der Waals surface area contributed by atoms with E-state index in [0.29, 0.717) is 5.69 Å². The Hall–Kier alpha value is -2.40. The Morgan fingerprint density at radius 1 is 1.33 bits per heavy atom. The second-order valence-corrected chi connectivity index (χ2v) is 5.74. The summed E-state index contributed by atoms with van der Waals surface area (Å²) in [6, 6.07) is 9.32. The number of hydrogen-bond donors (Lipinski definition) is 1. The molecule has 4 nitrogen and oxygen atoms in total. The largest absolute Gasteiger partial charge is 0.323 e. The third kappa shape index (κ3) is 2.73. The van der Waals surface area contributed by atoms with Gasteiger partial charge in [0.05, 0.1) is 11.4 Å². The van der Waals surface area contributed by atoms with Crippen LogP contribution in [0.3, 0.4) is 0 Å². The summed E-state index contributed by atoms with van der Waals surface area (Å²) in [6.07, 6.45) is 3.33. The number of thiophene rings is 1. The summed E-state index contributed by atoms with van der Waals surface area (Å²) in [5, 5.41) is 4.76. The second kappa shape index (κ2) is 5.54. The minimum absolute atomic E-state index is 0.0452. The van der Waals surface area contributed by atoms with Crippen LogP contribution < -0.4 is 10.2 Å². The molecular formula is C16H14N2O2S. The van der Waals surface area contributed by atoms with Crippen LogP contribution in [0, 0.1) is 6.92 Å². The van der Waals surface area contributed by atoms with E-state index in [9.17, 15) is 9.59 Å². The summed E-state index contributed by atoms with van der Waals surface area (Å²) in [7, 11) is 0. The van der Waals surface area contributed by atoms with E-state index in [1.54, 1.807) is 23.5 Å². The highest BCUT2D eigenvalue weighted by Gasteiger charge is 2.25. The van der Waals surface area contributed by atoms with Crippen LogP contribution in [-0.4, -0.2) is 18.4 Å². The molecule has 2 aromatic rings. The molecule has 0 fully saturated rings. The fourth-order valence-corrected chi connectivity index (χ4v) is 3.04. The molecule has 2 heterocycles. The van der Waals surface area contributed by atoms with Gasteiger partial charge in [0, 0.05) is 11.0 Å². The Morgan fingerprint density at radius 2 is 2.14 bits per heavy atom. The summed E-state index contributed by atoms with van der Waals surface area (Å²) >= 11 is 1.59. The van der Waals surface area contributed by atoms with Gasteiger partial charge in [-0.2, -0.15) is 0 Å². The lowest BCUT2D eigenvalue weighted by Crippen LogP contribution is -2.41. The van der Waals surface area contributed by atoms with Gasteiger partial charge in [-0.25, -0.2) is 0 Å². The van der Waals surface area contributed by atoms with Crippen molar-refractivity contribution in [3.05, 3.63) is 52.2 Å². The number of carbonyl (C=O) groups excluding carboxylic acids is 2. The lowest BCUT2D eigenvalue weighted by atomic mass is 10.2. The number of rotatable bonds is 2. The molecule has 0 unspecified atom stereocenters. The van der Waals surface area contributed by atoms with Crippen molar-refractivity contribution in [2.75, 3.05) is 16.8 Å². The average Bonchev–Trinajstić information content (AvgIpc) is 2.89. The summed E-state index contributed by atoms with van der Waals surface area (Å²) in [5.41, 5.74) is 2.54. The summed E-state index contributed by atoms with van der Waals surface area (Å²) in [5.74, 6) is -0.368. The predicted octanol–water partition coefficient (Wildman–Crippen LogP) is 3.06. The van der Waals surface area contributed by atoms with Crippen LogP contribution in [0.5, 0.6) is 0 Å². The van der Waals surface area contributed by atoms with Gasteiger partial charge in [-0.1, -0.05) is 12.1 Å². The van der Waals surface area contributed by atoms with E-state index in [1.807, 2.05) is 36.6 Å². The number of nitrogens with one attached hydrogen (secondary N) is 1. The van der Waals surface area contributed by atoms with Gasteiger partial charge >= 0.3 is 0 Å². The quantitative estimate of drug-likeness (QED) is 0.866.